The molecule has 0 saturated carbocycles. The van der Waals surface area contributed by atoms with E-state index in [-0.39, 0.29) is 6.10 Å². The number of thiophene rings is 1. The molecular weight excluding hydrogens is 270 g/mol. The molecule has 1 unspecified atom stereocenters. The first kappa shape index (κ1) is 12.5. The number of aliphatic hydroxyl groups excluding tert-OH is 1. The zero-order valence-corrected chi connectivity index (χ0v) is 12.3. The Kier molecular flexibility index (Phi) is 3.11. The maximum atomic E-state index is 9.92. The minimum absolute atomic E-state index is 0.219. The maximum Gasteiger partial charge on any atom is 0.141 e. The number of aliphatic hydroxyl groups is 1. The number of aromatic nitrogens is 2. The van der Waals surface area contributed by atoms with Crippen LogP contribution in [0.25, 0.3) is 10.2 Å². The Balaban J connectivity index is 1.84. The fourth-order valence-corrected chi connectivity index (χ4v) is 4.68. The third kappa shape index (κ3) is 2.00. The van der Waals surface area contributed by atoms with Crippen LogP contribution in [0.3, 0.4) is 0 Å². The molecule has 0 amide bonds. The van der Waals surface area contributed by atoms with Gasteiger partial charge in [-0.15, -0.1) is 11.3 Å². The molecule has 2 aromatic rings. The van der Waals surface area contributed by atoms with Gasteiger partial charge in [-0.05, 0) is 44.1 Å². The van der Waals surface area contributed by atoms with Crippen molar-refractivity contribution in [1.82, 2.24) is 9.97 Å². The van der Waals surface area contributed by atoms with Crippen molar-refractivity contribution >= 4 is 27.4 Å². The molecule has 2 aromatic heterocycles. The summed E-state index contributed by atoms with van der Waals surface area (Å²) in [6.45, 7) is 1.70. The lowest BCUT2D eigenvalue weighted by molar-refractivity contribution is 0.154. The largest absolute Gasteiger partial charge is 0.391 e. The highest BCUT2D eigenvalue weighted by Crippen LogP contribution is 2.39. The smallest absolute Gasteiger partial charge is 0.141 e. The minimum atomic E-state index is -0.219. The van der Waals surface area contributed by atoms with Gasteiger partial charge < -0.3 is 10.0 Å². The number of β-amino-alcohol motifs (C(OH)–C–C–N with tert-alkyl or cyclic N) is 1. The Bertz CT molecular complexity index is 639. The first-order valence-electron chi connectivity index (χ1n) is 7.51. The van der Waals surface area contributed by atoms with E-state index >= 15 is 0 Å². The average molecular weight is 289 g/mol. The van der Waals surface area contributed by atoms with Crippen molar-refractivity contribution in [2.75, 3.05) is 18.0 Å². The van der Waals surface area contributed by atoms with Gasteiger partial charge in [-0.2, -0.15) is 0 Å². The molecule has 1 saturated heterocycles. The fourth-order valence-electron chi connectivity index (χ4n) is 3.46. The quantitative estimate of drug-likeness (QED) is 0.876. The molecule has 0 aromatic carbocycles. The van der Waals surface area contributed by atoms with Crippen LogP contribution in [0.5, 0.6) is 0 Å². The van der Waals surface area contributed by atoms with E-state index in [2.05, 4.69) is 14.9 Å². The monoisotopic (exact) mass is 289 g/mol. The summed E-state index contributed by atoms with van der Waals surface area (Å²) in [5.41, 5.74) is 1.48. The second kappa shape index (κ2) is 4.97. The Morgan fingerprint density at radius 1 is 1.20 bits per heavy atom. The number of fused-ring (bicyclic) bond motifs is 3. The molecule has 1 aliphatic heterocycles. The number of rotatable bonds is 1. The first-order chi connectivity index (χ1) is 9.83. The van der Waals surface area contributed by atoms with Crippen LogP contribution in [0, 0.1) is 0 Å². The standard InChI is InChI=1S/C15H19N3OS/c19-10-4-3-7-18(8-10)14-13-11-5-1-2-6-12(11)20-15(13)17-9-16-14/h9-10,19H,1-8H2. The molecule has 5 heteroatoms. The first-order valence-corrected chi connectivity index (χ1v) is 8.33. The molecule has 20 heavy (non-hydrogen) atoms. The van der Waals surface area contributed by atoms with Crippen LogP contribution in [-0.4, -0.2) is 34.3 Å². The molecule has 0 radical (unpaired) electrons. The van der Waals surface area contributed by atoms with Crippen LogP contribution in [0.1, 0.15) is 36.1 Å². The molecule has 1 atom stereocenters. The van der Waals surface area contributed by atoms with Crippen molar-refractivity contribution in [3.05, 3.63) is 16.8 Å². The highest BCUT2D eigenvalue weighted by Gasteiger charge is 2.25. The third-order valence-corrected chi connectivity index (χ3v) is 5.63. The van der Waals surface area contributed by atoms with Gasteiger partial charge in [0.15, 0.2) is 0 Å². The molecule has 3 heterocycles. The van der Waals surface area contributed by atoms with Crippen molar-refractivity contribution in [2.24, 2.45) is 0 Å². The van der Waals surface area contributed by atoms with E-state index < -0.39 is 0 Å². The number of nitrogens with zero attached hydrogens (tertiary/aromatic N) is 3. The van der Waals surface area contributed by atoms with Crippen LogP contribution in [0.15, 0.2) is 6.33 Å². The summed E-state index contributed by atoms with van der Waals surface area (Å²) in [4.78, 5) is 13.9. The summed E-state index contributed by atoms with van der Waals surface area (Å²) < 4.78 is 0. The van der Waals surface area contributed by atoms with E-state index in [0.717, 1.165) is 36.5 Å². The highest BCUT2D eigenvalue weighted by atomic mass is 32.1. The predicted molar refractivity (Wildman–Crippen MR) is 81.5 cm³/mol. The molecule has 1 aliphatic carbocycles. The summed E-state index contributed by atoms with van der Waals surface area (Å²) in [5, 5.41) is 11.2. The van der Waals surface area contributed by atoms with Gasteiger partial charge in [-0.1, -0.05) is 0 Å². The normalized spacial score (nSPS) is 23.1. The second-order valence-corrected chi connectivity index (χ2v) is 6.91. The Labute approximate surface area is 122 Å². The minimum Gasteiger partial charge on any atom is -0.391 e. The van der Waals surface area contributed by atoms with E-state index in [1.165, 1.54) is 35.1 Å². The van der Waals surface area contributed by atoms with Gasteiger partial charge >= 0.3 is 0 Å². The summed E-state index contributed by atoms with van der Waals surface area (Å²) in [7, 11) is 0. The van der Waals surface area contributed by atoms with Gasteiger partial charge in [0, 0.05) is 18.0 Å². The van der Waals surface area contributed by atoms with Crippen molar-refractivity contribution in [1.29, 1.82) is 0 Å². The van der Waals surface area contributed by atoms with Gasteiger partial charge in [0.05, 0.1) is 11.5 Å². The Morgan fingerprint density at radius 2 is 2.10 bits per heavy atom. The Hall–Kier alpha value is -1.20. The van der Waals surface area contributed by atoms with Crippen molar-refractivity contribution in [2.45, 2.75) is 44.6 Å². The van der Waals surface area contributed by atoms with Gasteiger partial charge in [0.1, 0.15) is 17.0 Å². The third-order valence-electron chi connectivity index (χ3n) is 4.43. The number of piperidine rings is 1. The van der Waals surface area contributed by atoms with Crippen LogP contribution in [0.4, 0.5) is 5.82 Å². The van der Waals surface area contributed by atoms with E-state index in [1.807, 2.05) is 11.3 Å². The van der Waals surface area contributed by atoms with Gasteiger partial charge in [-0.25, -0.2) is 9.97 Å². The lowest BCUT2D eigenvalue weighted by Crippen LogP contribution is -2.38. The van der Waals surface area contributed by atoms with E-state index in [9.17, 15) is 5.11 Å². The van der Waals surface area contributed by atoms with Crippen molar-refractivity contribution in [3.63, 3.8) is 0 Å². The average Bonchev–Trinajstić information content (AvgIpc) is 2.85. The maximum absolute atomic E-state index is 9.92. The topological polar surface area (TPSA) is 49.2 Å². The predicted octanol–water partition coefficient (Wildman–Crippen LogP) is 2.53. The van der Waals surface area contributed by atoms with Gasteiger partial charge in [0.2, 0.25) is 0 Å². The number of aryl methyl sites for hydroxylation is 2. The van der Waals surface area contributed by atoms with E-state index in [1.54, 1.807) is 6.33 Å². The SMILES string of the molecule is OC1CCCN(c2ncnc3sc4c(c23)CCCC4)C1. The van der Waals surface area contributed by atoms with Crippen LogP contribution in [-0.2, 0) is 12.8 Å². The molecule has 0 bridgehead atoms. The summed E-state index contributed by atoms with van der Waals surface area (Å²) >= 11 is 1.84. The number of hydrogen-bond donors (Lipinski definition) is 1. The molecule has 4 rings (SSSR count). The summed E-state index contributed by atoms with van der Waals surface area (Å²) in [5.74, 6) is 1.05. The molecule has 1 fully saturated rings. The van der Waals surface area contributed by atoms with Gasteiger partial charge in [-0.3, -0.25) is 0 Å². The van der Waals surface area contributed by atoms with Crippen LogP contribution >= 0.6 is 11.3 Å². The van der Waals surface area contributed by atoms with E-state index in [4.69, 9.17) is 0 Å². The molecule has 2 aliphatic rings. The van der Waals surface area contributed by atoms with Crippen LogP contribution < -0.4 is 4.90 Å². The molecule has 4 nitrogen and oxygen atoms in total. The molecule has 1 N–H and O–H groups in total. The summed E-state index contributed by atoms with van der Waals surface area (Å²) in [6, 6.07) is 0. The lowest BCUT2D eigenvalue weighted by Gasteiger charge is -2.31. The zero-order chi connectivity index (χ0) is 13.5. The fraction of sp³-hybridized carbons (Fsp3) is 0.600. The van der Waals surface area contributed by atoms with Crippen molar-refractivity contribution in [3.8, 4) is 0 Å². The van der Waals surface area contributed by atoms with Crippen LogP contribution in [0.2, 0.25) is 0 Å². The summed E-state index contributed by atoms with van der Waals surface area (Å²) in [6.07, 6.45) is 8.33. The lowest BCUT2D eigenvalue weighted by atomic mass is 9.96. The molecule has 0 spiro atoms. The molecular formula is C15H19N3OS. The van der Waals surface area contributed by atoms with Crippen molar-refractivity contribution < 1.29 is 5.11 Å². The van der Waals surface area contributed by atoms with E-state index in [0.29, 0.717) is 6.54 Å². The van der Waals surface area contributed by atoms with Gasteiger partial charge in [0.25, 0.3) is 0 Å². The second-order valence-electron chi connectivity index (χ2n) is 5.83. The molecule has 106 valence electrons. The number of anilines is 1. The zero-order valence-electron chi connectivity index (χ0n) is 11.5. The number of hydrogen-bond acceptors (Lipinski definition) is 5. The highest BCUT2D eigenvalue weighted by molar-refractivity contribution is 7.19. The Morgan fingerprint density at radius 3 is 3.00 bits per heavy atom.